The van der Waals surface area contributed by atoms with Gasteiger partial charge in [0, 0.05) is 49.1 Å². The fourth-order valence-corrected chi connectivity index (χ4v) is 4.53. The van der Waals surface area contributed by atoms with Gasteiger partial charge in [-0.1, -0.05) is 17.7 Å². The minimum Gasteiger partial charge on any atom is -0.486 e. The molecule has 2 aliphatic rings. The van der Waals surface area contributed by atoms with Crippen LogP contribution in [-0.2, 0) is 16.0 Å². The number of nitrogens with zero attached hydrogens (tertiary/aromatic N) is 3. The number of rotatable bonds is 6. The lowest BCUT2D eigenvalue weighted by Crippen LogP contribution is -2.41. The summed E-state index contributed by atoms with van der Waals surface area (Å²) in [5.74, 6) is 0.717. The number of nitrogens with one attached hydrogen (secondary N) is 1. The van der Waals surface area contributed by atoms with Crippen molar-refractivity contribution in [3.05, 3.63) is 76.7 Å². The van der Waals surface area contributed by atoms with Gasteiger partial charge < -0.3 is 25.4 Å². The fourth-order valence-electron chi connectivity index (χ4n) is 4.25. The second kappa shape index (κ2) is 11.0. The van der Waals surface area contributed by atoms with Gasteiger partial charge in [0.25, 0.3) is 5.91 Å². The summed E-state index contributed by atoms with van der Waals surface area (Å²) in [6.45, 7) is 2.56. The number of hydrogen-bond donors (Lipinski definition) is 2. The molecule has 0 bridgehead atoms. The lowest BCUT2D eigenvalue weighted by atomic mass is 10.0. The van der Waals surface area contributed by atoms with Crippen molar-refractivity contribution in [1.29, 1.82) is 0 Å². The minimum absolute atomic E-state index is 0.0971. The molecule has 1 saturated heterocycles. The van der Waals surface area contributed by atoms with E-state index in [1.165, 1.54) is 6.08 Å². The summed E-state index contributed by atoms with van der Waals surface area (Å²) in [6, 6.07) is 10.9. The summed E-state index contributed by atoms with van der Waals surface area (Å²) >= 11 is 6.53. The number of hydrogen-bond acceptors (Lipinski definition) is 7. The average molecular weight is 520 g/mol. The number of fused-ring (bicyclic) bond motifs is 1. The van der Waals surface area contributed by atoms with Crippen molar-refractivity contribution in [2.75, 3.05) is 38.6 Å². The molecule has 5 rings (SSSR count). The molecule has 1 fully saturated rings. The topological polar surface area (TPSA) is 120 Å². The Morgan fingerprint density at radius 2 is 1.95 bits per heavy atom. The summed E-state index contributed by atoms with van der Waals surface area (Å²) in [5.41, 5.74) is 9.44. The second-order valence-electron chi connectivity index (χ2n) is 8.82. The highest BCUT2D eigenvalue weighted by Gasteiger charge is 2.26. The predicted octanol–water partition coefficient (Wildman–Crippen LogP) is 2.98. The number of ether oxygens (including phenoxy) is 2. The molecule has 0 spiro atoms. The molecule has 0 aliphatic carbocycles. The molecule has 37 heavy (non-hydrogen) atoms. The van der Waals surface area contributed by atoms with Gasteiger partial charge in [-0.05, 0) is 47.5 Å². The molecule has 2 amide bonds. The van der Waals surface area contributed by atoms with Gasteiger partial charge in [0.15, 0.2) is 0 Å². The Labute approximate surface area is 219 Å². The van der Waals surface area contributed by atoms with Gasteiger partial charge in [-0.25, -0.2) is 4.98 Å². The third-order valence-corrected chi connectivity index (χ3v) is 6.49. The zero-order valence-corrected chi connectivity index (χ0v) is 20.8. The van der Waals surface area contributed by atoms with E-state index in [9.17, 15) is 9.59 Å². The molecule has 0 saturated carbocycles. The number of aromatic nitrogens is 2. The van der Waals surface area contributed by atoms with Crippen LogP contribution < -0.4 is 15.8 Å². The SMILES string of the molecule is Nc1ccc(C=CC(=O)NCC2Cc3cc(-c4ccc(C(=O)N5CCOCC5)nc4)cc(Cl)c3O2)cn1. The summed E-state index contributed by atoms with van der Waals surface area (Å²) < 4.78 is 11.3. The lowest BCUT2D eigenvalue weighted by molar-refractivity contribution is -0.116. The van der Waals surface area contributed by atoms with Crippen LogP contribution in [0.3, 0.4) is 0 Å². The molecule has 3 N–H and O–H groups in total. The molecule has 1 aromatic carbocycles. The van der Waals surface area contributed by atoms with Gasteiger partial charge in [-0.2, -0.15) is 0 Å². The van der Waals surface area contributed by atoms with Gasteiger partial charge in [0.1, 0.15) is 23.4 Å². The van der Waals surface area contributed by atoms with E-state index < -0.39 is 0 Å². The quantitative estimate of drug-likeness (QED) is 0.480. The number of halogens is 1. The van der Waals surface area contributed by atoms with E-state index in [1.807, 2.05) is 18.2 Å². The van der Waals surface area contributed by atoms with E-state index in [0.29, 0.717) is 61.6 Å². The molecule has 190 valence electrons. The van der Waals surface area contributed by atoms with Gasteiger partial charge in [0.05, 0.1) is 24.8 Å². The highest BCUT2D eigenvalue weighted by Crippen LogP contribution is 2.39. The number of nitrogen functional groups attached to an aromatic ring is 1. The third-order valence-electron chi connectivity index (χ3n) is 6.21. The van der Waals surface area contributed by atoms with Gasteiger partial charge in [-0.15, -0.1) is 0 Å². The van der Waals surface area contributed by atoms with Gasteiger partial charge in [-0.3, -0.25) is 14.6 Å². The summed E-state index contributed by atoms with van der Waals surface area (Å²) in [7, 11) is 0. The molecular weight excluding hydrogens is 494 g/mol. The largest absolute Gasteiger partial charge is 0.486 e. The predicted molar refractivity (Wildman–Crippen MR) is 140 cm³/mol. The molecular formula is C27H26ClN5O4. The molecule has 9 nitrogen and oxygen atoms in total. The molecule has 3 aromatic rings. The first-order chi connectivity index (χ1) is 18.0. The van der Waals surface area contributed by atoms with Crippen LogP contribution in [0, 0.1) is 0 Å². The lowest BCUT2D eigenvalue weighted by Gasteiger charge is -2.26. The van der Waals surface area contributed by atoms with Crippen molar-refractivity contribution in [3.8, 4) is 16.9 Å². The molecule has 10 heteroatoms. The number of carbonyl (C=O) groups excluding carboxylic acids is 2. The third kappa shape index (κ3) is 5.90. The maximum absolute atomic E-state index is 12.7. The Kier molecular flexibility index (Phi) is 7.34. The van der Waals surface area contributed by atoms with Crippen molar-refractivity contribution < 1.29 is 19.1 Å². The Morgan fingerprint density at radius 3 is 2.68 bits per heavy atom. The van der Waals surface area contributed by atoms with E-state index in [-0.39, 0.29) is 17.9 Å². The molecule has 4 heterocycles. The average Bonchev–Trinajstić information content (AvgIpc) is 3.35. The van der Waals surface area contributed by atoms with Crippen LogP contribution in [0.25, 0.3) is 17.2 Å². The summed E-state index contributed by atoms with van der Waals surface area (Å²) in [5, 5.41) is 3.35. The van der Waals surface area contributed by atoms with Crippen molar-refractivity contribution in [2.24, 2.45) is 0 Å². The first kappa shape index (κ1) is 24.7. The monoisotopic (exact) mass is 519 g/mol. The van der Waals surface area contributed by atoms with Crippen LogP contribution in [0.2, 0.25) is 5.02 Å². The Hall–Kier alpha value is -3.95. The molecule has 2 aromatic heterocycles. The smallest absolute Gasteiger partial charge is 0.272 e. The second-order valence-corrected chi connectivity index (χ2v) is 9.23. The zero-order chi connectivity index (χ0) is 25.8. The summed E-state index contributed by atoms with van der Waals surface area (Å²) in [6.07, 6.45) is 6.77. The van der Waals surface area contributed by atoms with Crippen molar-refractivity contribution in [2.45, 2.75) is 12.5 Å². The van der Waals surface area contributed by atoms with Crippen LogP contribution in [0.5, 0.6) is 5.75 Å². The fraction of sp³-hybridized carbons (Fsp3) is 0.259. The van der Waals surface area contributed by atoms with Crippen LogP contribution in [0.15, 0.2) is 54.9 Å². The van der Waals surface area contributed by atoms with Crippen LogP contribution in [0.1, 0.15) is 21.6 Å². The van der Waals surface area contributed by atoms with Crippen LogP contribution in [-0.4, -0.2) is 65.6 Å². The maximum atomic E-state index is 12.7. The normalized spacial score (nSPS) is 16.9. The number of carbonyl (C=O) groups is 2. The first-order valence-corrected chi connectivity index (χ1v) is 12.3. The number of nitrogens with two attached hydrogens (primary N) is 1. The van der Waals surface area contributed by atoms with E-state index in [1.54, 1.807) is 41.6 Å². The highest BCUT2D eigenvalue weighted by molar-refractivity contribution is 6.32. The Bertz CT molecular complexity index is 1320. The van der Waals surface area contributed by atoms with E-state index in [4.69, 9.17) is 26.8 Å². The van der Waals surface area contributed by atoms with E-state index in [2.05, 4.69) is 15.3 Å². The number of amides is 2. The minimum atomic E-state index is -0.235. The van der Waals surface area contributed by atoms with Crippen molar-refractivity contribution in [3.63, 3.8) is 0 Å². The summed E-state index contributed by atoms with van der Waals surface area (Å²) in [4.78, 5) is 35.0. The Morgan fingerprint density at radius 1 is 1.11 bits per heavy atom. The zero-order valence-electron chi connectivity index (χ0n) is 20.0. The highest BCUT2D eigenvalue weighted by atomic mass is 35.5. The van der Waals surface area contributed by atoms with Crippen LogP contribution in [0.4, 0.5) is 5.82 Å². The van der Waals surface area contributed by atoms with Crippen LogP contribution >= 0.6 is 11.6 Å². The van der Waals surface area contributed by atoms with Crippen molar-refractivity contribution >= 4 is 35.3 Å². The van der Waals surface area contributed by atoms with Gasteiger partial charge in [0.2, 0.25) is 5.91 Å². The molecule has 1 atom stereocenters. The van der Waals surface area contributed by atoms with Crippen molar-refractivity contribution in [1.82, 2.24) is 20.2 Å². The van der Waals surface area contributed by atoms with Gasteiger partial charge >= 0.3 is 0 Å². The maximum Gasteiger partial charge on any atom is 0.272 e. The number of anilines is 1. The number of morpholine rings is 1. The molecule has 2 aliphatic heterocycles. The standard InChI is InChI=1S/C27H26ClN5O4/c28-22-13-19(18-3-4-23(30-15-18)27(35)33-7-9-36-10-8-33)11-20-12-21(37-26(20)22)16-32-25(34)6-2-17-1-5-24(29)31-14-17/h1-6,11,13-15,21H,7-10,12,16H2,(H2,29,31)(H,32,34). The number of benzene rings is 1. The Balaban J connectivity index is 1.19. The van der Waals surface area contributed by atoms with E-state index in [0.717, 1.165) is 22.3 Å². The number of pyridine rings is 2. The first-order valence-electron chi connectivity index (χ1n) is 12.0. The molecule has 0 radical (unpaired) electrons. The van der Waals surface area contributed by atoms with E-state index >= 15 is 0 Å². The molecule has 1 unspecified atom stereocenters.